The van der Waals surface area contributed by atoms with Crippen LogP contribution in [0.4, 0.5) is 19.6 Å². The zero-order valence-corrected chi connectivity index (χ0v) is 17.0. The average molecular weight is 450 g/mol. The molecule has 2 aromatic heterocycles. The average Bonchev–Trinajstić information content (AvgIpc) is 3.50. The maximum atomic E-state index is 14.5. The summed E-state index contributed by atoms with van der Waals surface area (Å²) in [6.07, 6.45) is 4.37. The number of carbonyl (C=O) groups is 1. The lowest BCUT2D eigenvalue weighted by molar-refractivity contribution is -0.141. The number of anilines is 2. The Balaban J connectivity index is 1.45. The molecule has 1 fully saturated rings. The molecule has 1 saturated carbocycles. The molecule has 3 aromatic rings. The van der Waals surface area contributed by atoms with Crippen LogP contribution in [0.3, 0.4) is 0 Å². The molecule has 2 heterocycles. The van der Waals surface area contributed by atoms with Gasteiger partial charge in [-0.1, -0.05) is 18.2 Å². The van der Waals surface area contributed by atoms with Crippen molar-refractivity contribution in [2.45, 2.75) is 24.0 Å². The molecule has 11 heteroatoms. The Morgan fingerprint density at radius 3 is 2.50 bits per heavy atom. The Hall–Kier alpha value is -2.92. The van der Waals surface area contributed by atoms with Crippen LogP contribution in [0.25, 0.3) is 11.1 Å². The Labute approximate surface area is 175 Å². The number of benzene rings is 1. The summed E-state index contributed by atoms with van der Waals surface area (Å²) >= 11 is 0.704. The lowest BCUT2D eigenvalue weighted by Gasteiger charge is -2.14. The maximum Gasteiger partial charge on any atom is 0.367 e. The highest BCUT2D eigenvalue weighted by Crippen LogP contribution is 2.34. The normalized spacial score (nSPS) is 14.3. The number of nitrogens with one attached hydrogen (secondary N) is 2. The molecule has 156 valence electrons. The molecule has 0 bridgehead atoms. The van der Waals surface area contributed by atoms with Crippen molar-refractivity contribution in [1.82, 2.24) is 9.97 Å². The third kappa shape index (κ3) is 4.31. The molecule has 1 aliphatic rings. The van der Waals surface area contributed by atoms with Gasteiger partial charge in [-0.05, 0) is 42.2 Å². The van der Waals surface area contributed by atoms with Gasteiger partial charge >= 0.3 is 11.8 Å². The van der Waals surface area contributed by atoms with Crippen LogP contribution in [0, 0.1) is 0 Å². The van der Waals surface area contributed by atoms with E-state index in [1.807, 2.05) is 6.07 Å². The van der Waals surface area contributed by atoms with Gasteiger partial charge in [0.05, 0.1) is 5.25 Å². The summed E-state index contributed by atoms with van der Waals surface area (Å²) in [6.45, 7) is 0. The first kappa shape index (κ1) is 20.4. The molecule has 0 aliphatic heterocycles. The summed E-state index contributed by atoms with van der Waals surface area (Å²) in [5.41, 5.74) is 1.05. The van der Waals surface area contributed by atoms with E-state index in [0.717, 1.165) is 16.5 Å². The number of pyridine rings is 1. The number of carbonyl (C=O) groups excluding carboxylic acids is 1. The molecular formula is C19H16F2N4O3S2. The summed E-state index contributed by atoms with van der Waals surface area (Å²) in [7, 11) is -3.62. The van der Waals surface area contributed by atoms with Gasteiger partial charge < -0.3 is 5.32 Å². The monoisotopic (exact) mass is 450 g/mol. The lowest BCUT2D eigenvalue weighted by atomic mass is 10.1. The van der Waals surface area contributed by atoms with Gasteiger partial charge in [-0.2, -0.15) is 8.78 Å². The summed E-state index contributed by atoms with van der Waals surface area (Å²) in [4.78, 5) is 19.8. The van der Waals surface area contributed by atoms with E-state index in [2.05, 4.69) is 20.0 Å². The first-order valence-electron chi connectivity index (χ1n) is 8.93. The Morgan fingerprint density at radius 1 is 1.13 bits per heavy atom. The first-order valence-corrected chi connectivity index (χ1v) is 11.4. The number of thiazole rings is 1. The van der Waals surface area contributed by atoms with Crippen LogP contribution >= 0.6 is 11.3 Å². The van der Waals surface area contributed by atoms with Crippen molar-refractivity contribution in [3.8, 4) is 11.1 Å². The molecule has 30 heavy (non-hydrogen) atoms. The third-order valence-electron chi connectivity index (χ3n) is 4.44. The van der Waals surface area contributed by atoms with E-state index in [1.54, 1.807) is 30.6 Å². The molecule has 0 saturated heterocycles. The smallest absolute Gasteiger partial charge is 0.320 e. The van der Waals surface area contributed by atoms with Crippen LogP contribution in [-0.4, -0.2) is 29.5 Å². The van der Waals surface area contributed by atoms with Crippen molar-refractivity contribution < 1.29 is 22.0 Å². The second-order valence-electron chi connectivity index (χ2n) is 6.73. The SMILES string of the molecule is O=C(Nc1ccc(-c2cccnc2)cc1)C(F)(F)c1csc(NS(=O)(=O)C2CC2)n1. The predicted molar refractivity (Wildman–Crippen MR) is 110 cm³/mol. The molecule has 1 amide bonds. The molecule has 4 rings (SSSR count). The van der Waals surface area contributed by atoms with Gasteiger partial charge in [0.2, 0.25) is 10.0 Å². The van der Waals surface area contributed by atoms with E-state index in [9.17, 15) is 22.0 Å². The van der Waals surface area contributed by atoms with Gasteiger partial charge in [0.25, 0.3) is 0 Å². The van der Waals surface area contributed by atoms with Gasteiger partial charge in [-0.15, -0.1) is 11.3 Å². The fraction of sp³-hybridized carbons (Fsp3) is 0.211. The van der Waals surface area contributed by atoms with Gasteiger partial charge in [0, 0.05) is 23.5 Å². The van der Waals surface area contributed by atoms with Gasteiger partial charge in [0.15, 0.2) is 5.13 Å². The molecule has 1 aromatic carbocycles. The van der Waals surface area contributed by atoms with Crippen LogP contribution < -0.4 is 10.0 Å². The molecule has 1 aliphatic carbocycles. The summed E-state index contributed by atoms with van der Waals surface area (Å²) < 4.78 is 55.1. The van der Waals surface area contributed by atoms with Gasteiger partial charge in [0.1, 0.15) is 5.69 Å². The molecular weight excluding hydrogens is 434 g/mol. The van der Waals surface area contributed by atoms with Crippen molar-refractivity contribution in [2.75, 3.05) is 10.0 Å². The summed E-state index contributed by atoms with van der Waals surface area (Å²) in [6, 6.07) is 10.0. The third-order valence-corrected chi connectivity index (χ3v) is 7.16. The van der Waals surface area contributed by atoms with E-state index in [4.69, 9.17) is 0 Å². The van der Waals surface area contributed by atoms with Gasteiger partial charge in [-0.25, -0.2) is 13.4 Å². The molecule has 2 N–H and O–H groups in total. The number of aromatic nitrogens is 2. The highest BCUT2D eigenvalue weighted by Gasteiger charge is 2.44. The Bertz CT molecular complexity index is 1160. The minimum atomic E-state index is -3.93. The molecule has 0 atom stereocenters. The maximum absolute atomic E-state index is 14.5. The van der Waals surface area contributed by atoms with Crippen LogP contribution in [0.2, 0.25) is 0 Å². The molecule has 0 spiro atoms. The number of nitrogens with zero attached hydrogens (tertiary/aromatic N) is 2. The second-order valence-corrected chi connectivity index (χ2v) is 9.55. The topological polar surface area (TPSA) is 101 Å². The standard InChI is InChI=1S/C19H16F2N4O3S2/c20-19(21,16-11-29-18(24-16)25-30(27,28)15-7-8-15)17(26)23-14-5-3-12(4-6-14)13-2-1-9-22-10-13/h1-6,9-11,15H,7-8H2,(H,23,26)(H,24,25). The van der Waals surface area contributed by atoms with E-state index < -0.39 is 32.8 Å². The van der Waals surface area contributed by atoms with Crippen LogP contribution in [-0.2, 0) is 20.7 Å². The number of hydrogen-bond donors (Lipinski definition) is 2. The molecule has 7 nitrogen and oxygen atoms in total. The van der Waals surface area contributed by atoms with E-state index >= 15 is 0 Å². The van der Waals surface area contributed by atoms with E-state index in [0.29, 0.717) is 24.2 Å². The van der Waals surface area contributed by atoms with Crippen molar-refractivity contribution >= 4 is 38.1 Å². The summed E-state index contributed by atoms with van der Waals surface area (Å²) in [5, 5.41) is 2.43. The quantitative estimate of drug-likeness (QED) is 0.570. The van der Waals surface area contributed by atoms with Crippen molar-refractivity contribution in [1.29, 1.82) is 0 Å². The van der Waals surface area contributed by atoms with Crippen molar-refractivity contribution in [3.63, 3.8) is 0 Å². The van der Waals surface area contributed by atoms with E-state index in [-0.39, 0.29) is 10.8 Å². The van der Waals surface area contributed by atoms with Crippen LogP contribution in [0.15, 0.2) is 54.2 Å². The number of alkyl halides is 2. The van der Waals surface area contributed by atoms with Crippen LogP contribution in [0.1, 0.15) is 18.5 Å². The van der Waals surface area contributed by atoms with Crippen molar-refractivity contribution in [3.05, 3.63) is 59.9 Å². The molecule has 0 unspecified atom stereocenters. The highest BCUT2D eigenvalue weighted by atomic mass is 32.2. The largest absolute Gasteiger partial charge is 0.367 e. The molecule has 0 radical (unpaired) electrons. The van der Waals surface area contributed by atoms with Crippen molar-refractivity contribution in [2.24, 2.45) is 0 Å². The first-order chi connectivity index (χ1) is 14.3. The zero-order valence-electron chi connectivity index (χ0n) is 15.4. The second kappa shape index (κ2) is 7.73. The minimum absolute atomic E-state index is 0.190. The number of rotatable bonds is 7. The van der Waals surface area contributed by atoms with Gasteiger partial charge in [-0.3, -0.25) is 14.5 Å². The van der Waals surface area contributed by atoms with Crippen LogP contribution in [0.5, 0.6) is 0 Å². The Kier molecular flexibility index (Phi) is 5.24. The fourth-order valence-corrected chi connectivity index (χ4v) is 4.98. The summed E-state index contributed by atoms with van der Waals surface area (Å²) in [5.74, 6) is -5.49. The number of amides is 1. The fourth-order valence-electron chi connectivity index (χ4n) is 2.65. The number of sulfonamides is 1. The predicted octanol–water partition coefficient (Wildman–Crippen LogP) is 3.84. The zero-order chi connectivity index (χ0) is 21.4. The lowest BCUT2D eigenvalue weighted by Crippen LogP contribution is -2.32. The minimum Gasteiger partial charge on any atom is -0.320 e. The van der Waals surface area contributed by atoms with E-state index in [1.165, 1.54) is 12.1 Å². The Morgan fingerprint density at radius 2 is 1.87 bits per heavy atom. The number of halogens is 2. The number of hydrogen-bond acceptors (Lipinski definition) is 6. The highest BCUT2D eigenvalue weighted by molar-refractivity contribution is 7.93.